The third-order valence-corrected chi connectivity index (χ3v) is 4.37. The van der Waals surface area contributed by atoms with Crippen molar-refractivity contribution in [3.05, 3.63) is 59.0 Å². The van der Waals surface area contributed by atoms with Crippen molar-refractivity contribution in [3.63, 3.8) is 0 Å². The van der Waals surface area contributed by atoms with Crippen molar-refractivity contribution in [2.45, 2.75) is 26.1 Å². The molecule has 9 heteroatoms. The van der Waals surface area contributed by atoms with E-state index in [1.54, 1.807) is 26.0 Å². The maximum atomic E-state index is 13.0. The highest BCUT2D eigenvalue weighted by Crippen LogP contribution is 2.35. The molecule has 1 aliphatic heterocycles. The molecule has 0 unspecified atom stereocenters. The van der Waals surface area contributed by atoms with Crippen LogP contribution in [0.5, 0.6) is 0 Å². The van der Waals surface area contributed by atoms with E-state index in [2.05, 4.69) is 10.6 Å². The molecule has 0 amide bonds. The van der Waals surface area contributed by atoms with Gasteiger partial charge in [-0.1, -0.05) is 12.1 Å². The quantitative estimate of drug-likeness (QED) is 0.578. The summed E-state index contributed by atoms with van der Waals surface area (Å²) < 4.78 is 49.7. The van der Waals surface area contributed by atoms with Crippen LogP contribution in [0.3, 0.4) is 0 Å². The minimum atomic E-state index is -4.45. The first kappa shape index (κ1) is 19.9. The average Bonchev–Trinajstić information content (AvgIpc) is 3.10. The molecule has 2 N–H and O–H groups in total. The fourth-order valence-electron chi connectivity index (χ4n) is 2.90. The molecule has 148 valence electrons. The number of alkyl halides is 3. The normalized spacial score (nSPS) is 17.2. The number of hydrogen-bond acceptors (Lipinski definition) is 4. The maximum absolute atomic E-state index is 13.0. The first-order valence-electron chi connectivity index (χ1n) is 8.43. The van der Waals surface area contributed by atoms with Crippen LogP contribution in [0.15, 0.2) is 52.1 Å². The van der Waals surface area contributed by atoms with Gasteiger partial charge in [0.05, 0.1) is 17.7 Å². The van der Waals surface area contributed by atoms with Gasteiger partial charge in [0, 0.05) is 11.3 Å². The summed E-state index contributed by atoms with van der Waals surface area (Å²) in [6.07, 6.45) is -4.45. The molecule has 0 aliphatic carbocycles. The molecule has 0 saturated heterocycles. The number of thiocarbonyl (C=S) groups is 1. The molecule has 1 atom stereocenters. The van der Waals surface area contributed by atoms with E-state index in [9.17, 15) is 18.0 Å². The van der Waals surface area contributed by atoms with Crippen molar-refractivity contribution in [2.24, 2.45) is 0 Å². The van der Waals surface area contributed by atoms with Gasteiger partial charge in [-0.3, -0.25) is 0 Å². The molecular weight excluding hydrogens is 393 g/mol. The Balaban J connectivity index is 1.97. The van der Waals surface area contributed by atoms with Crippen LogP contribution in [-0.2, 0) is 15.7 Å². The van der Waals surface area contributed by atoms with Crippen LogP contribution in [-0.4, -0.2) is 17.7 Å². The number of hydrogen-bond donors (Lipinski definition) is 2. The Kier molecular flexibility index (Phi) is 5.46. The number of ether oxygens (including phenoxy) is 1. The maximum Gasteiger partial charge on any atom is 0.416 e. The summed E-state index contributed by atoms with van der Waals surface area (Å²) in [5.74, 6) is 0.0383. The molecular formula is C19H17F3N2O3S. The molecule has 2 heterocycles. The van der Waals surface area contributed by atoms with E-state index < -0.39 is 23.8 Å². The lowest BCUT2D eigenvalue weighted by Gasteiger charge is -2.28. The Morgan fingerprint density at radius 3 is 2.71 bits per heavy atom. The fourth-order valence-corrected chi connectivity index (χ4v) is 3.17. The van der Waals surface area contributed by atoms with Crippen LogP contribution >= 0.6 is 12.2 Å². The fraction of sp³-hybridized carbons (Fsp3) is 0.263. The number of benzene rings is 1. The number of esters is 1. The van der Waals surface area contributed by atoms with E-state index in [0.717, 1.165) is 12.1 Å². The highest BCUT2D eigenvalue weighted by atomic mass is 32.1. The van der Waals surface area contributed by atoms with Crippen molar-refractivity contribution < 1.29 is 27.1 Å². The zero-order chi connectivity index (χ0) is 20.5. The predicted octanol–water partition coefficient (Wildman–Crippen LogP) is 4.32. The van der Waals surface area contributed by atoms with E-state index >= 15 is 0 Å². The zero-order valence-corrected chi connectivity index (χ0v) is 15.8. The lowest BCUT2D eigenvalue weighted by atomic mass is 10.0. The van der Waals surface area contributed by atoms with Gasteiger partial charge in [-0.15, -0.1) is 0 Å². The lowest BCUT2D eigenvalue weighted by Crippen LogP contribution is -2.45. The summed E-state index contributed by atoms with van der Waals surface area (Å²) in [6, 6.07) is 7.26. The number of furan rings is 1. The van der Waals surface area contributed by atoms with Crippen molar-refractivity contribution in [1.82, 2.24) is 10.6 Å². The van der Waals surface area contributed by atoms with Crippen molar-refractivity contribution in [3.8, 4) is 11.3 Å². The largest absolute Gasteiger partial charge is 0.463 e. The molecule has 28 heavy (non-hydrogen) atoms. The van der Waals surface area contributed by atoms with Crippen molar-refractivity contribution >= 4 is 23.3 Å². The van der Waals surface area contributed by atoms with E-state index in [1.165, 1.54) is 12.1 Å². The van der Waals surface area contributed by atoms with Crippen LogP contribution in [0.25, 0.3) is 11.3 Å². The Labute approximate surface area is 164 Å². The second-order valence-electron chi connectivity index (χ2n) is 6.07. The third-order valence-electron chi connectivity index (χ3n) is 4.15. The Morgan fingerprint density at radius 1 is 1.29 bits per heavy atom. The van der Waals surface area contributed by atoms with Crippen LogP contribution in [0.4, 0.5) is 13.2 Å². The summed E-state index contributed by atoms with van der Waals surface area (Å²) in [7, 11) is 0. The van der Waals surface area contributed by atoms with Gasteiger partial charge in [-0.2, -0.15) is 13.2 Å². The van der Waals surface area contributed by atoms with Crippen LogP contribution in [0.2, 0.25) is 0 Å². The molecule has 1 aromatic heterocycles. The standard InChI is InChI=1S/C19H17F3N2O3S/c1-3-26-17(25)15-10(2)23-18(28)24-16(15)14-8-7-13(27-14)11-5-4-6-12(9-11)19(20,21)22/h4-9,16H,3H2,1-2H3,(H2,23,24,28)/t16-/m0/s1. The minimum absolute atomic E-state index is 0.195. The highest BCUT2D eigenvalue weighted by molar-refractivity contribution is 7.80. The third kappa shape index (κ3) is 4.04. The van der Waals surface area contributed by atoms with E-state index in [1.807, 2.05) is 0 Å². The lowest BCUT2D eigenvalue weighted by molar-refractivity contribution is -0.139. The van der Waals surface area contributed by atoms with Gasteiger partial charge in [0.15, 0.2) is 5.11 Å². The van der Waals surface area contributed by atoms with E-state index in [-0.39, 0.29) is 17.9 Å². The zero-order valence-electron chi connectivity index (χ0n) is 15.0. The molecule has 0 saturated carbocycles. The van der Waals surface area contributed by atoms with Gasteiger partial charge in [-0.25, -0.2) is 4.79 Å². The van der Waals surface area contributed by atoms with Crippen molar-refractivity contribution in [1.29, 1.82) is 0 Å². The Hall–Kier alpha value is -2.81. The SMILES string of the molecule is CCOC(=O)C1=C(C)NC(=S)N[C@H]1c1ccc(-c2cccc(C(F)(F)F)c2)o1. The summed E-state index contributed by atoms with van der Waals surface area (Å²) in [6.45, 7) is 3.57. The number of allylic oxidation sites excluding steroid dienone is 1. The van der Waals surface area contributed by atoms with Crippen molar-refractivity contribution in [2.75, 3.05) is 6.61 Å². The molecule has 0 radical (unpaired) electrons. The number of carbonyl (C=O) groups excluding carboxylic acids is 1. The van der Waals surface area contributed by atoms with Gasteiger partial charge in [0.25, 0.3) is 0 Å². The van der Waals surface area contributed by atoms with Crippen LogP contribution in [0.1, 0.15) is 31.2 Å². The minimum Gasteiger partial charge on any atom is -0.463 e. The number of carbonyl (C=O) groups is 1. The molecule has 0 fully saturated rings. The Morgan fingerprint density at radius 2 is 2.04 bits per heavy atom. The molecule has 5 nitrogen and oxygen atoms in total. The number of rotatable bonds is 4. The second-order valence-corrected chi connectivity index (χ2v) is 6.48. The van der Waals surface area contributed by atoms with E-state index in [4.69, 9.17) is 21.4 Å². The van der Waals surface area contributed by atoms with Gasteiger partial charge in [0.1, 0.15) is 17.6 Å². The number of nitrogens with one attached hydrogen (secondary N) is 2. The smallest absolute Gasteiger partial charge is 0.416 e. The first-order valence-corrected chi connectivity index (χ1v) is 8.84. The number of halogens is 3. The molecule has 1 aromatic carbocycles. The summed E-state index contributed by atoms with van der Waals surface area (Å²) >= 11 is 5.15. The highest BCUT2D eigenvalue weighted by Gasteiger charge is 2.33. The van der Waals surface area contributed by atoms with Crippen LogP contribution in [0, 0.1) is 0 Å². The predicted molar refractivity (Wildman–Crippen MR) is 100 cm³/mol. The molecule has 1 aliphatic rings. The average molecular weight is 410 g/mol. The summed E-state index contributed by atoms with van der Waals surface area (Å²) in [5, 5.41) is 6.10. The molecule has 2 aromatic rings. The van der Waals surface area contributed by atoms with Gasteiger partial charge >= 0.3 is 12.1 Å². The monoisotopic (exact) mass is 410 g/mol. The molecule has 0 spiro atoms. The first-order chi connectivity index (χ1) is 13.2. The van der Waals surface area contributed by atoms with Crippen LogP contribution < -0.4 is 10.6 Å². The van der Waals surface area contributed by atoms with Gasteiger partial charge in [0.2, 0.25) is 0 Å². The Bertz CT molecular complexity index is 950. The van der Waals surface area contributed by atoms with Gasteiger partial charge in [-0.05, 0) is 50.3 Å². The summed E-state index contributed by atoms with van der Waals surface area (Å²) in [5.41, 5.74) is 0.313. The second kappa shape index (κ2) is 7.67. The topological polar surface area (TPSA) is 63.5 Å². The summed E-state index contributed by atoms with van der Waals surface area (Å²) in [4.78, 5) is 12.4. The molecule has 0 bridgehead atoms. The van der Waals surface area contributed by atoms with Gasteiger partial charge < -0.3 is 19.8 Å². The van der Waals surface area contributed by atoms with E-state index in [0.29, 0.717) is 22.1 Å². The molecule has 3 rings (SSSR count).